The Morgan fingerprint density at radius 2 is 1.87 bits per heavy atom. The van der Waals surface area contributed by atoms with Gasteiger partial charge in [0, 0.05) is 16.0 Å². The van der Waals surface area contributed by atoms with E-state index in [0.717, 1.165) is 5.56 Å². The van der Waals surface area contributed by atoms with Crippen LogP contribution in [0, 0.1) is 5.92 Å². The molecule has 2 N–H and O–H groups in total. The zero-order chi connectivity index (χ0) is 17.0. The van der Waals surface area contributed by atoms with Crippen molar-refractivity contribution in [3.05, 3.63) is 63.6 Å². The zero-order valence-corrected chi connectivity index (χ0v) is 13.9. The number of rotatable bonds is 5. The van der Waals surface area contributed by atoms with Gasteiger partial charge in [-0.25, -0.2) is 4.79 Å². The fourth-order valence-electron chi connectivity index (χ4n) is 2.15. The van der Waals surface area contributed by atoms with Gasteiger partial charge in [-0.05, 0) is 36.2 Å². The van der Waals surface area contributed by atoms with Gasteiger partial charge < -0.3 is 10.4 Å². The Morgan fingerprint density at radius 3 is 2.52 bits per heavy atom. The second-order valence-corrected chi connectivity index (χ2v) is 6.02. The summed E-state index contributed by atoms with van der Waals surface area (Å²) in [6.07, 6.45) is 0.453. The van der Waals surface area contributed by atoms with E-state index in [1.165, 1.54) is 18.2 Å². The molecule has 4 nitrogen and oxygen atoms in total. The summed E-state index contributed by atoms with van der Waals surface area (Å²) in [5, 5.41) is 12.7. The minimum Gasteiger partial charge on any atom is -0.478 e. The Balaban J connectivity index is 2.14. The second-order valence-electron chi connectivity index (χ2n) is 5.18. The van der Waals surface area contributed by atoms with Gasteiger partial charge in [0.1, 0.15) is 0 Å². The molecule has 6 heteroatoms. The van der Waals surface area contributed by atoms with Gasteiger partial charge in [0.15, 0.2) is 0 Å². The maximum absolute atomic E-state index is 12.3. The van der Waals surface area contributed by atoms with Gasteiger partial charge >= 0.3 is 5.97 Å². The fraction of sp³-hybridized carbons (Fsp3) is 0.176. The number of aromatic carboxylic acids is 1. The molecule has 0 aliphatic rings. The van der Waals surface area contributed by atoms with Gasteiger partial charge in [0.2, 0.25) is 5.91 Å². The number of carboxylic acid groups (broad SMARTS) is 1. The van der Waals surface area contributed by atoms with Crippen LogP contribution in [0.2, 0.25) is 10.0 Å². The molecule has 1 amide bonds. The average molecular weight is 352 g/mol. The highest BCUT2D eigenvalue weighted by molar-refractivity contribution is 6.31. The van der Waals surface area contributed by atoms with Crippen LogP contribution in [0.5, 0.6) is 0 Å². The van der Waals surface area contributed by atoms with Crippen LogP contribution in [0.3, 0.4) is 0 Å². The van der Waals surface area contributed by atoms with Crippen LogP contribution in [-0.2, 0) is 11.2 Å². The highest BCUT2D eigenvalue weighted by atomic mass is 35.5. The molecule has 0 aliphatic heterocycles. The maximum Gasteiger partial charge on any atom is 0.337 e. The smallest absolute Gasteiger partial charge is 0.337 e. The topological polar surface area (TPSA) is 66.4 Å². The number of halogens is 2. The van der Waals surface area contributed by atoms with Gasteiger partial charge in [-0.1, -0.05) is 48.3 Å². The molecule has 1 atom stereocenters. The number of benzene rings is 2. The van der Waals surface area contributed by atoms with Crippen molar-refractivity contribution in [1.29, 1.82) is 0 Å². The predicted octanol–water partition coefficient (Wildman–Crippen LogP) is 4.51. The van der Waals surface area contributed by atoms with Crippen LogP contribution >= 0.6 is 23.2 Å². The molecule has 2 rings (SSSR count). The summed E-state index contributed by atoms with van der Waals surface area (Å²) in [6.45, 7) is 1.75. The van der Waals surface area contributed by atoms with Crippen LogP contribution in [0.25, 0.3) is 0 Å². The van der Waals surface area contributed by atoms with Crippen molar-refractivity contribution >= 4 is 40.8 Å². The number of hydrogen-bond acceptors (Lipinski definition) is 2. The summed E-state index contributed by atoms with van der Waals surface area (Å²) >= 11 is 12.0. The van der Waals surface area contributed by atoms with Crippen molar-refractivity contribution < 1.29 is 14.7 Å². The first kappa shape index (κ1) is 17.3. The molecule has 0 aliphatic carbocycles. The normalized spacial score (nSPS) is 11.8. The molecular formula is C17H15Cl2NO3. The molecule has 1 unspecified atom stereocenters. The van der Waals surface area contributed by atoms with E-state index >= 15 is 0 Å². The predicted molar refractivity (Wildman–Crippen MR) is 91.4 cm³/mol. The molecule has 0 bridgehead atoms. The lowest BCUT2D eigenvalue weighted by Crippen LogP contribution is -2.23. The van der Waals surface area contributed by atoms with Gasteiger partial charge in [-0.15, -0.1) is 0 Å². The molecule has 0 saturated carbocycles. The highest BCUT2D eigenvalue weighted by Gasteiger charge is 2.18. The van der Waals surface area contributed by atoms with Gasteiger partial charge in [0.05, 0.1) is 11.3 Å². The van der Waals surface area contributed by atoms with Crippen molar-refractivity contribution in [1.82, 2.24) is 0 Å². The molecule has 2 aromatic rings. The summed E-state index contributed by atoms with van der Waals surface area (Å²) in [7, 11) is 0. The molecule has 2 aromatic carbocycles. The Bertz CT molecular complexity index is 746. The lowest BCUT2D eigenvalue weighted by molar-refractivity contribution is -0.119. The SMILES string of the molecule is CC(Cc1ccccc1Cl)C(=O)Nc1cc(Cl)ccc1C(=O)O. The third-order valence-electron chi connectivity index (χ3n) is 3.40. The van der Waals surface area contributed by atoms with Crippen molar-refractivity contribution in [2.75, 3.05) is 5.32 Å². The fourth-order valence-corrected chi connectivity index (χ4v) is 2.53. The van der Waals surface area contributed by atoms with Crippen LogP contribution in [0.1, 0.15) is 22.8 Å². The average Bonchev–Trinajstić information content (AvgIpc) is 2.49. The Morgan fingerprint density at radius 1 is 1.17 bits per heavy atom. The summed E-state index contributed by atoms with van der Waals surface area (Å²) in [5.74, 6) is -1.80. The van der Waals surface area contributed by atoms with E-state index in [-0.39, 0.29) is 23.1 Å². The van der Waals surface area contributed by atoms with E-state index in [4.69, 9.17) is 28.3 Å². The Hall–Kier alpha value is -2.04. The molecule has 0 radical (unpaired) electrons. The monoisotopic (exact) mass is 351 g/mol. The Kier molecular flexibility index (Phi) is 5.64. The van der Waals surface area contributed by atoms with Crippen molar-refractivity contribution in [3.8, 4) is 0 Å². The molecule has 120 valence electrons. The number of anilines is 1. The minimum atomic E-state index is -1.13. The van der Waals surface area contributed by atoms with E-state index in [1.54, 1.807) is 13.0 Å². The quantitative estimate of drug-likeness (QED) is 0.832. The van der Waals surface area contributed by atoms with E-state index in [0.29, 0.717) is 16.5 Å². The van der Waals surface area contributed by atoms with Gasteiger partial charge in [0.25, 0.3) is 0 Å². The molecule has 0 heterocycles. The van der Waals surface area contributed by atoms with E-state index in [9.17, 15) is 9.59 Å². The van der Waals surface area contributed by atoms with E-state index in [1.807, 2.05) is 18.2 Å². The zero-order valence-electron chi connectivity index (χ0n) is 12.3. The number of nitrogens with one attached hydrogen (secondary N) is 1. The maximum atomic E-state index is 12.3. The number of carbonyl (C=O) groups excluding carboxylic acids is 1. The summed E-state index contributed by atoms with van der Waals surface area (Å²) < 4.78 is 0. The van der Waals surface area contributed by atoms with Crippen molar-refractivity contribution in [2.24, 2.45) is 5.92 Å². The van der Waals surface area contributed by atoms with Crippen LogP contribution in [0.4, 0.5) is 5.69 Å². The summed E-state index contributed by atoms with van der Waals surface area (Å²) in [4.78, 5) is 23.5. The third kappa shape index (κ3) is 4.47. The molecular weight excluding hydrogens is 337 g/mol. The van der Waals surface area contributed by atoms with E-state index in [2.05, 4.69) is 5.32 Å². The van der Waals surface area contributed by atoms with Crippen LogP contribution in [0.15, 0.2) is 42.5 Å². The Labute approximate surface area is 144 Å². The van der Waals surface area contributed by atoms with E-state index < -0.39 is 5.97 Å². The van der Waals surface area contributed by atoms with Gasteiger partial charge in [-0.2, -0.15) is 0 Å². The number of carbonyl (C=O) groups is 2. The molecule has 0 spiro atoms. The number of carboxylic acids is 1. The first-order valence-corrected chi connectivity index (χ1v) is 7.71. The molecule has 0 fully saturated rings. The van der Waals surface area contributed by atoms with Crippen molar-refractivity contribution in [2.45, 2.75) is 13.3 Å². The standard InChI is InChI=1S/C17H15Cl2NO3/c1-10(8-11-4-2-3-5-14(11)19)16(21)20-15-9-12(18)6-7-13(15)17(22)23/h2-7,9-10H,8H2,1H3,(H,20,21)(H,22,23). The van der Waals surface area contributed by atoms with Crippen LogP contribution in [-0.4, -0.2) is 17.0 Å². The van der Waals surface area contributed by atoms with Gasteiger partial charge in [-0.3, -0.25) is 4.79 Å². The third-order valence-corrected chi connectivity index (χ3v) is 4.01. The molecule has 0 aromatic heterocycles. The molecule has 23 heavy (non-hydrogen) atoms. The molecule has 0 saturated heterocycles. The van der Waals surface area contributed by atoms with Crippen LogP contribution < -0.4 is 5.32 Å². The summed E-state index contributed by atoms with van der Waals surface area (Å²) in [6, 6.07) is 11.5. The first-order chi connectivity index (χ1) is 10.9. The second kappa shape index (κ2) is 7.49. The van der Waals surface area contributed by atoms with Crippen molar-refractivity contribution in [3.63, 3.8) is 0 Å². The number of hydrogen-bond donors (Lipinski definition) is 2. The first-order valence-electron chi connectivity index (χ1n) is 6.95. The lowest BCUT2D eigenvalue weighted by atomic mass is 10.00. The lowest BCUT2D eigenvalue weighted by Gasteiger charge is -2.14. The number of amides is 1. The summed E-state index contributed by atoms with van der Waals surface area (Å²) in [5.41, 5.74) is 1.04. The minimum absolute atomic E-state index is 0.00677. The highest BCUT2D eigenvalue weighted by Crippen LogP contribution is 2.23. The largest absolute Gasteiger partial charge is 0.478 e.